The third-order valence-electron chi connectivity index (χ3n) is 12.0. The second kappa shape index (κ2) is 10.7. The molecule has 52 heavy (non-hydrogen) atoms. The summed E-state index contributed by atoms with van der Waals surface area (Å²) in [5, 5.41) is 45.9. The largest absolute Gasteiger partial charge is 0.196 e. The van der Waals surface area contributed by atoms with Gasteiger partial charge in [-0.1, -0.05) is 163 Å². The topological polar surface area (TPSA) is 95.2 Å². The first-order valence-corrected chi connectivity index (χ1v) is 17.8. The SMILES string of the molecule is CC(C)(C)c1c2c(c(C(C)(C)C)c3c1C1(c4ccccc4)C(C#N)(C#N)C(C#N)(C#N)C31c1ccccc1)C(c1ccccc1)=C2c1ccccc1. The van der Waals surface area contributed by atoms with Gasteiger partial charge in [-0.2, -0.15) is 21.0 Å². The molecule has 0 heterocycles. The number of hydrogen-bond donors (Lipinski definition) is 0. The van der Waals surface area contributed by atoms with Gasteiger partial charge in [0, 0.05) is 0 Å². The van der Waals surface area contributed by atoms with Crippen molar-refractivity contribution in [2.45, 2.75) is 63.2 Å². The van der Waals surface area contributed by atoms with Crippen molar-refractivity contribution in [1.29, 1.82) is 21.0 Å². The summed E-state index contributed by atoms with van der Waals surface area (Å²) < 4.78 is 0. The smallest absolute Gasteiger partial charge is 0.191 e. The molecule has 0 N–H and O–H groups in total. The molecule has 8 rings (SSSR count). The van der Waals surface area contributed by atoms with E-state index in [-0.39, 0.29) is 0 Å². The zero-order valence-corrected chi connectivity index (χ0v) is 30.3. The molecule has 3 aliphatic carbocycles. The second-order valence-electron chi connectivity index (χ2n) is 16.4. The first kappa shape index (κ1) is 33.0. The number of nitriles is 4. The lowest BCUT2D eigenvalue weighted by Gasteiger charge is -2.80. The van der Waals surface area contributed by atoms with E-state index in [1.807, 2.05) is 72.8 Å². The highest BCUT2D eigenvalue weighted by molar-refractivity contribution is 6.18. The summed E-state index contributed by atoms with van der Waals surface area (Å²) in [5.41, 5.74) is 4.37. The van der Waals surface area contributed by atoms with Gasteiger partial charge >= 0.3 is 0 Å². The number of rotatable bonds is 4. The highest BCUT2D eigenvalue weighted by Gasteiger charge is 2.98. The Balaban J connectivity index is 1.72. The Morgan fingerprint density at radius 1 is 0.404 bits per heavy atom. The van der Waals surface area contributed by atoms with Gasteiger partial charge in [-0.15, -0.1) is 0 Å². The number of benzene rings is 5. The second-order valence-corrected chi connectivity index (χ2v) is 16.4. The van der Waals surface area contributed by atoms with Crippen molar-refractivity contribution < 1.29 is 0 Å². The van der Waals surface area contributed by atoms with Gasteiger partial charge in [-0.3, -0.25) is 0 Å². The van der Waals surface area contributed by atoms with Gasteiger partial charge in [0.25, 0.3) is 0 Å². The van der Waals surface area contributed by atoms with Gasteiger partial charge in [0.2, 0.25) is 0 Å². The van der Waals surface area contributed by atoms with E-state index in [0.717, 1.165) is 66.8 Å². The molecule has 0 radical (unpaired) electrons. The van der Waals surface area contributed by atoms with E-state index in [1.165, 1.54) is 0 Å². The fourth-order valence-corrected chi connectivity index (χ4v) is 10.5. The van der Waals surface area contributed by atoms with Crippen LogP contribution in [0, 0.1) is 56.2 Å². The minimum Gasteiger partial charge on any atom is -0.196 e. The highest BCUT2D eigenvalue weighted by atomic mass is 14.9. The molecule has 0 bridgehead atoms. The van der Waals surface area contributed by atoms with E-state index in [2.05, 4.69) is 114 Å². The molecule has 0 aromatic heterocycles. The third-order valence-corrected chi connectivity index (χ3v) is 12.0. The van der Waals surface area contributed by atoms with Gasteiger partial charge < -0.3 is 0 Å². The average Bonchev–Trinajstić information content (AvgIpc) is 3.13. The van der Waals surface area contributed by atoms with Crippen molar-refractivity contribution in [3.05, 3.63) is 177 Å². The molecule has 4 nitrogen and oxygen atoms in total. The van der Waals surface area contributed by atoms with E-state index in [0.29, 0.717) is 0 Å². The van der Waals surface area contributed by atoms with Crippen molar-refractivity contribution in [1.82, 2.24) is 0 Å². The molecule has 4 heteroatoms. The van der Waals surface area contributed by atoms with Gasteiger partial charge in [-0.05, 0) is 77.6 Å². The van der Waals surface area contributed by atoms with E-state index in [9.17, 15) is 21.0 Å². The van der Waals surface area contributed by atoms with Crippen LogP contribution in [-0.4, -0.2) is 0 Å². The summed E-state index contributed by atoms with van der Waals surface area (Å²) in [6.07, 6.45) is 0. The van der Waals surface area contributed by atoms with E-state index in [1.54, 1.807) is 0 Å². The van der Waals surface area contributed by atoms with E-state index < -0.39 is 32.5 Å². The van der Waals surface area contributed by atoms with Gasteiger partial charge in [0.1, 0.15) is 0 Å². The Morgan fingerprint density at radius 2 is 0.673 bits per heavy atom. The summed E-state index contributed by atoms with van der Waals surface area (Å²) in [5.74, 6) is 0. The highest BCUT2D eigenvalue weighted by Crippen LogP contribution is 2.90. The Kier molecular flexibility index (Phi) is 6.76. The molecule has 250 valence electrons. The third kappa shape index (κ3) is 3.39. The first-order valence-electron chi connectivity index (χ1n) is 17.8. The Labute approximate surface area is 306 Å². The Hall–Kier alpha value is -6.20. The van der Waals surface area contributed by atoms with Gasteiger partial charge in [-0.25, -0.2) is 0 Å². The lowest BCUT2D eigenvalue weighted by atomic mass is 9.14. The molecule has 0 amide bonds. The summed E-state index contributed by atoms with van der Waals surface area (Å²) in [4.78, 5) is 0. The lowest BCUT2D eigenvalue weighted by Crippen LogP contribution is -2.88. The Morgan fingerprint density at radius 3 is 0.923 bits per heavy atom. The van der Waals surface area contributed by atoms with Crippen molar-refractivity contribution in [3.63, 3.8) is 0 Å². The molecule has 1 saturated carbocycles. The van der Waals surface area contributed by atoms with Crippen LogP contribution in [-0.2, 0) is 21.7 Å². The van der Waals surface area contributed by atoms with Crippen LogP contribution < -0.4 is 0 Å². The summed E-state index contributed by atoms with van der Waals surface area (Å²) in [6.45, 7) is 13.2. The van der Waals surface area contributed by atoms with E-state index >= 15 is 0 Å². The Bertz CT molecular complexity index is 2300. The van der Waals surface area contributed by atoms with E-state index in [4.69, 9.17) is 0 Å². The predicted octanol–water partition coefficient (Wildman–Crippen LogP) is 10.3. The monoisotopic (exact) mass is 670 g/mol. The lowest BCUT2D eigenvalue weighted by molar-refractivity contribution is -0.107. The summed E-state index contributed by atoms with van der Waals surface area (Å²) in [6, 6.07) is 50.1. The van der Waals surface area contributed by atoms with Crippen molar-refractivity contribution in [3.8, 4) is 24.3 Å². The standard InChI is InChI=1S/C48H38N4/c1-43(2,3)39-37-35(31-19-11-7-12-20-31)36(32-21-13-8-14-22-32)38(37)40(44(4,5)6)42-41(39)47(33-23-15-9-16-24-33)45(27-49,28-50)46(29-51,30-52)48(42,47)34-25-17-10-18-26-34/h7-26H,1-6H3. The van der Waals surface area contributed by atoms with Crippen LogP contribution in [0.4, 0.5) is 0 Å². The minimum atomic E-state index is -2.04. The minimum absolute atomic E-state index is 0.481. The molecule has 2 atom stereocenters. The first-order chi connectivity index (χ1) is 24.9. The maximum Gasteiger partial charge on any atom is 0.191 e. The number of nitrogens with zero attached hydrogens (tertiary/aromatic N) is 4. The van der Waals surface area contributed by atoms with Crippen LogP contribution in [0.5, 0.6) is 0 Å². The quantitative estimate of drug-likeness (QED) is 0.186. The number of hydrogen-bond acceptors (Lipinski definition) is 4. The van der Waals surface area contributed by atoms with Crippen LogP contribution in [0.3, 0.4) is 0 Å². The molecule has 0 saturated heterocycles. The van der Waals surface area contributed by atoms with Gasteiger partial charge in [0.15, 0.2) is 10.8 Å². The fourth-order valence-electron chi connectivity index (χ4n) is 10.5. The predicted molar refractivity (Wildman–Crippen MR) is 204 cm³/mol. The maximum atomic E-state index is 11.5. The van der Waals surface area contributed by atoms with Crippen LogP contribution in [0.25, 0.3) is 11.1 Å². The van der Waals surface area contributed by atoms with Crippen LogP contribution in [0.1, 0.15) is 97.2 Å². The van der Waals surface area contributed by atoms with Crippen LogP contribution in [0.15, 0.2) is 121 Å². The summed E-state index contributed by atoms with van der Waals surface area (Å²) >= 11 is 0. The van der Waals surface area contributed by atoms with Crippen molar-refractivity contribution in [2.24, 2.45) is 10.8 Å². The van der Waals surface area contributed by atoms with Crippen molar-refractivity contribution >= 4 is 11.1 Å². The molecule has 1 fully saturated rings. The molecule has 2 unspecified atom stereocenters. The molecule has 0 spiro atoms. The molecular weight excluding hydrogens is 633 g/mol. The molecular formula is C48H38N4. The zero-order chi connectivity index (χ0) is 36.9. The average molecular weight is 671 g/mol. The molecule has 0 aliphatic heterocycles. The molecule has 5 aromatic carbocycles. The summed E-state index contributed by atoms with van der Waals surface area (Å²) in [7, 11) is 0. The molecule has 5 aromatic rings. The maximum absolute atomic E-state index is 11.5. The normalized spacial score (nSPS) is 21.6. The van der Waals surface area contributed by atoms with Gasteiger partial charge in [0.05, 0.1) is 35.1 Å². The van der Waals surface area contributed by atoms with Crippen LogP contribution in [0.2, 0.25) is 0 Å². The van der Waals surface area contributed by atoms with Crippen molar-refractivity contribution in [2.75, 3.05) is 0 Å². The zero-order valence-electron chi connectivity index (χ0n) is 30.3. The fraction of sp³-hybridized carbons (Fsp3) is 0.250. The molecule has 3 aliphatic rings. The number of fused-ring (bicyclic) bond motifs is 5. The van der Waals surface area contributed by atoms with Crippen LogP contribution >= 0.6 is 0 Å².